The summed E-state index contributed by atoms with van der Waals surface area (Å²) >= 11 is 0. The van der Waals surface area contributed by atoms with Crippen LogP contribution in [0.25, 0.3) is 0 Å². The maximum absolute atomic E-state index is 11.8. The van der Waals surface area contributed by atoms with Gasteiger partial charge in [-0.25, -0.2) is 0 Å². The molecule has 3 rings (SSSR count). The molecule has 2 nitrogen and oxygen atoms in total. The summed E-state index contributed by atoms with van der Waals surface area (Å²) in [6, 6.07) is 0. The third kappa shape index (κ3) is 1.13. The van der Waals surface area contributed by atoms with E-state index in [1.54, 1.807) is 0 Å². The molecule has 78 valence electrons. The van der Waals surface area contributed by atoms with Crippen molar-refractivity contribution in [1.82, 2.24) is 0 Å². The lowest BCUT2D eigenvalue weighted by Crippen LogP contribution is -2.47. The van der Waals surface area contributed by atoms with Gasteiger partial charge in [0, 0.05) is 0 Å². The fraction of sp³-hybridized carbons (Fsp3) is 0.750. The van der Waals surface area contributed by atoms with E-state index in [2.05, 4.69) is 13.5 Å². The van der Waals surface area contributed by atoms with Crippen LogP contribution in [0.3, 0.4) is 0 Å². The van der Waals surface area contributed by atoms with Gasteiger partial charge in [0.1, 0.15) is 0 Å². The molecule has 2 heteroatoms. The van der Waals surface area contributed by atoms with Gasteiger partial charge in [-0.15, -0.1) is 0 Å². The monoisotopic (exact) mass is 194 g/mol. The van der Waals surface area contributed by atoms with E-state index in [-0.39, 0.29) is 11.4 Å². The Labute approximate surface area is 85.3 Å². The molecule has 0 N–H and O–H groups in total. The number of rotatable bonds is 1. The highest BCUT2D eigenvalue weighted by atomic mass is 16.5. The molecule has 3 atom stereocenters. The Morgan fingerprint density at radius 3 is 2.86 bits per heavy atom. The largest absolute Gasteiger partial charge is 0.469 e. The zero-order chi connectivity index (χ0) is 10.3. The molecule has 3 fully saturated rings. The van der Waals surface area contributed by atoms with E-state index in [1.165, 1.54) is 12.7 Å². The molecule has 2 bridgehead atoms. The van der Waals surface area contributed by atoms with Crippen molar-refractivity contribution in [1.29, 1.82) is 0 Å². The van der Waals surface area contributed by atoms with Crippen molar-refractivity contribution in [2.24, 2.45) is 17.3 Å². The number of hydrogen-bond acceptors (Lipinski definition) is 2. The molecule has 0 saturated heterocycles. The zero-order valence-corrected chi connectivity index (χ0v) is 9.01. The van der Waals surface area contributed by atoms with Crippen LogP contribution in [0.4, 0.5) is 0 Å². The molecule has 0 aromatic carbocycles. The molecule has 0 heterocycles. The van der Waals surface area contributed by atoms with Gasteiger partial charge in [0.15, 0.2) is 0 Å². The van der Waals surface area contributed by atoms with Crippen LogP contribution in [-0.4, -0.2) is 13.1 Å². The van der Waals surface area contributed by atoms with Crippen molar-refractivity contribution in [2.45, 2.75) is 32.6 Å². The maximum atomic E-state index is 11.8. The number of ether oxygens (including phenoxy) is 1. The first-order chi connectivity index (χ1) is 6.60. The van der Waals surface area contributed by atoms with Crippen molar-refractivity contribution >= 4 is 5.97 Å². The van der Waals surface area contributed by atoms with E-state index >= 15 is 0 Å². The highest BCUT2D eigenvalue weighted by molar-refractivity contribution is 5.78. The van der Waals surface area contributed by atoms with Gasteiger partial charge in [0.2, 0.25) is 0 Å². The summed E-state index contributed by atoms with van der Waals surface area (Å²) < 4.78 is 4.95. The third-order valence-electron chi connectivity index (χ3n) is 4.23. The second-order valence-electron chi connectivity index (χ2n) is 4.86. The second-order valence-corrected chi connectivity index (χ2v) is 4.86. The van der Waals surface area contributed by atoms with Gasteiger partial charge < -0.3 is 4.74 Å². The fourth-order valence-electron chi connectivity index (χ4n) is 3.21. The van der Waals surface area contributed by atoms with Crippen LogP contribution < -0.4 is 0 Å². The first-order valence-corrected chi connectivity index (χ1v) is 5.36. The minimum absolute atomic E-state index is 0.0238. The van der Waals surface area contributed by atoms with Crippen molar-refractivity contribution in [3.63, 3.8) is 0 Å². The topological polar surface area (TPSA) is 26.3 Å². The Bertz CT molecular complexity index is 282. The minimum atomic E-state index is -0.236. The summed E-state index contributed by atoms with van der Waals surface area (Å²) in [5.41, 5.74) is 1.03. The summed E-state index contributed by atoms with van der Waals surface area (Å²) in [7, 11) is 1.49. The van der Waals surface area contributed by atoms with Gasteiger partial charge in [0.05, 0.1) is 12.5 Å². The van der Waals surface area contributed by atoms with Gasteiger partial charge in [-0.3, -0.25) is 4.79 Å². The quantitative estimate of drug-likeness (QED) is 0.473. The highest BCUT2D eigenvalue weighted by Crippen LogP contribution is 2.55. The predicted molar refractivity (Wildman–Crippen MR) is 54.7 cm³/mol. The lowest BCUT2D eigenvalue weighted by Gasteiger charge is -2.50. The summed E-state index contributed by atoms with van der Waals surface area (Å²) in [6.07, 6.45) is 4.09. The summed E-state index contributed by atoms with van der Waals surface area (Å²) in [6.45, 7) is 6.26. The predicted octanol–water partition coefficient (Wildman–Crippen LogP) is 2.54. The Kier molecular flexibility index (Phi) is 2.17. The molecule has 0 spiro atoms. The van der Waals surface area contributed by atoms with E-state index in [9.17, 15) is 4.79 Å². The molecular weight excluding hydrogens is 176 g/mol. The van der Waals surface area contributed by atoms with Crippen LogP contribution in [0.5, 0.6) is 0 Å². The lowest BCUT2D eigenvalue weighted by atomic mass is 9.54. The SMILES string of the molecule is C=C1C[C@]2(C(=O)OC)CC[C@H]1C[C@H]2C. The standard InChI is InChI=1S/C12H18O2/c1-8-7-12(11(13)14-3)5-4-10(8)6-9(12)2/h9-10H,1,4-7H2,2-3H3/t9-,10+,12-/m1/s1. The summed E-state index contributed by atoms with van der Waals surface area (Å²) in [5, 5.41) is 0. The molecular formula is C12H18O2. The molecule has 14 heavy (non-hydrogen) atoms. The number of hydrogen-bond donors (Lipinski definition) is 0. The van der Waals surface area contributed by atoms with Crippen LogP contribution in [0.15, 0.2) is 12.2 Å². The summed E-state index contributed by atoms with van der Waals surface area (Å²) in [4.78, 5) is 11.8. The highest BCUT2D eigenvalue weighted by Gasteiger charge is 2.52. The van der Waals surface area contributed by atoms with Crippen LogP contribution in [0.1, 0.15) is 32.6 Å². The van der Waals surface area contributed by atoms with Gasteiger partial charge >= 0.3 is 5.97 Å². The van der Waals surface area contributed by atoms with E-state index in [4.69, 9.17) is 4.74 Å². The maximum Gasteiger partial charge on any atom is 0.312 e. The lowest BCUT2D eigenvalue weighted by molar-refractivity contribution is -0.161. The average Bonchev–Trinajstić information content (AvgIpc) is 2.19. The molecule has 3 aliphatic rings. The first-order valence-electron chi connectivity index (χ1n) is 5.36. The van der Waals surface area contributed by atoms with Gasteiger partial charge in [-0.05, 0) is 37.5 Å². The van der Waals surface area contributed by atoms with E-state index in [1.807, 2.05) is 0 Å². The fourth-order valence-corrected chi connectivity index (χ4v) is 3.21. The van der Waals surface area contributed by atoms with Gasteiger partial charge in [-0.1, -0.05) is 19.1 Å². The molecule has 3 aliphatic carbocycles. The summed E-state index contributed by atoms with van der Waals surface area (Å²) in [5.74, 6) is 1.10. The van der Waals surface area contributed by atoms with E-state index in [0.717, 1.165) is 25.7 Å². The number of carbonyl (C=O) groups is 1. The van der Waals surface area contributed by atoms with Crippen molar-refractivity contribution < 1.29 is 9.53 Å². The Morgan fingerprint density at radius 1 is 1.64 bits per heavy atom. The third-order valence-corrected chi connectivity index (χ3v) is 4.23. The number of esters is 1. The Hall–Kier alpha value is -0.790. The van der Waals surface area contributed by atoms with Crippen molar-refractivity contribution in [3.05, 3.63) is 12.2 Å². The smallest absolute Gasteiger partial charge is 0.312 e. The molecule has 3 saturated carbocycles. The molecule has 0 amide bonds. The Morgan fingerprint density at radius 2 is 2.36 bits per heavy atom. The van der Waals surface area contributed by atoms with Crippen LogP contribution >= 0.6 is 0 Å². The van der Waals surface area contributed by atoms with E-state index < -0.39 is 0 Å². The molecule has 0 radical (unpaired) electrons. The van der Waals surface area contributed by atoms with Crippen molar-refractivity contribution in [3.8, 4) is 0 Å². The number of methoxy groups -OCH3 is 1. The molecule has 0 unspecified atom stereocenters. The number of fused-ring (bicyclic) bond motifs is 3. The minimum Gasteiger partial charge on any atom is -0.469 e. The number of allylic oxidation sites excluding steroid dienone is 1. The molecule has 0 aromatic heterocycles. The second kappa shape index (κ2) is 3.11. The molecule has 0 aromatic rings. The molecule has 0 aliphatic heterocycles. The Balaban J connectivity index is 2.31. The van der Waals surface area contributed by atoms with Crippen LogP contribution in [-0.2, 0) is 9.53 Å². The van der Waals surface area contributed by atoms with Gasteiger partial charge in [0.25, 0.3) is 0 Å². The first kappa shape index (κ1) is 9.75. The van der Waals surface area contributed by atoms with Crippen molar-refractivity contribution in [2.75, 3.05) is 7.11 Å². The number of carbonyl (C=O) groups excluding carboxylic acids is 1. The zero-order valence-electron chi connectivity index (χ0n) is 9.01. The average molecular weight is 194 g/mol. The van der Waals surface area contributed by atoms with Gasteiger partial charge in [-0.2, -0.15) is 0 Å². The van der Waals surface area contributed by atoms with E-state index in [0.29, 0.717) is 11.8 Å². The van der Waals surface area contributed by atoms with Crippen LogP contribution in [0, 0.1) is 17.3 Å². The van der Waals surface area contributed by atoms with Crippen LogP contribution in [0.2, 0.25) is 0 Å². The normalized spacial score (nSPS) is 41.1.